The van der Waals surface area contributed by atoms with Gasteiger partial charge in [-0.3, -0.25) is 0 Å². The molecule has 0 aliphatic carbocycles. The second kappa shape index (κ2) is 2.94. The van der Waals surface area contributed by atoms with Crippen molar-refractivity contribution in [3.8, 4) is 0 Å². The zero-order valence-electron chi connectivity index (χ0n) is 12.2. The van der Waals surface area contributed by atoms with Crippen LogP contribution in [0.2, 0.25) is 0 Å². The first-order valence-electron chi connectivity index (χ1n) is 6.01. The van der Waals surface area contributed by atoms with Crippen molar-refractivity contribution in [2.45, 2.75) is 32.5 Å². The molecule has 0 aromatic heterocycles. The number of carbonyl (C=O) groups is 1. The molecule has 12 heavy (non-hydrogen) atoms. The first-order valence-corrected chi connectivity index (χ1v) is 3.51. The van der Waals surface area contributed by atoms with Crippen LogP contribution in [0.3, 0.4) is 0 Å². The quantitative estimate of drug-likeness (QED) is 0.591. The number of amides is 1. The molecule has 4 nitrogen and oxygen atoms in total. The predicted molar refractivity (Wildman–Crippen MR) is 43.8 cm³/mol. The molecule has 1 rings (SSSR count). The smallest absolute Gasteiger partial charge is 0.410 e. The first kappa shape index (κ1) is 4.46. The van der Waals surface area contributed by atoms with E-state index in [1.165, 1.54) is 0 Å². The van der Waals surface area contributed by atoms with Crippen LogP contribution in [0.15, 0.2) is 0 Å². The van der Waals surface area contributed by atoms with Gasteiger partial charge in [0.15, 0.2) is 0 Å². The Morgan fingerprint density at radius 1 is 1.75 bits per heavy atom. The summed E-state index contributed by atoms with van der Waals surface area (Å²) in [7, 11) is 0. The Balaban J connectivity index is 2.97. The molecule has 0 bridgehead atoms. The van der Waals surface area contributed by atoms with Gasteiger partial charge in [-0.1, -0.05) is 0 Å². The number of rotatable bonds is 0. The second-order valence-electron chi connectivity index (χ2n) is 3.39. The Bertz CT molecular complexity index is 332. The van der Waals surface area contributed by atoms with Crippen LogP contribution < -0.4 is 0 Å². The van der Waals surface area contributed by atoms with Crippen molar-refractivity contribution in [3.05, 3.63) is 0 Å². The van der Waals surface area contributed by atoms with Gasteiger partial charge in [0.1, 0.15) is 5.60 Å². The molecule has 1 N–H and O–H groups in total. The monoisotopic (exact) mass is 178 g/mol. The fourth-order valence-corrected chi connectivity index (χ4v) is 0.611. The van der Waals surface area contributed by atoms with Crippen molar-refractivity contribution in [1.82, 2.24) is 4.90 Å². The Morgan fingerprint density at radius 3 is 2.67 bits per heavy atom. The SMILES string of the molecule is [2H]C1([2H])N(C(=O)OC(C)(C)C)C([2H])([2H])C1([2H])O. The number of aliphatic hydroxyl groups is 1. The molecule has 0 radical (unpaired) electrons. The van der Waals surface area contributed by atoms with E-state index in [1.54, 1.807) is 20.8 Å². The first-order chi connectivity index (χ1) is 7.25. The standard InChI is InChI=1S/C8H15NO3/c1-8(2,3)12-7(11)9-4-6(10)5-9/h6,10H,4-5H2,1-3H3/i4D2,5D2,6D. The van der Waals surface area contributed by atoms with Crippen molar-refractivity contribution >= 4 is 6.09 Å². The summed E-state index contributed by atoms with van der Waals surface area (Å²) in [5.41, 5.74) is -0.918. The van der Waals surface area contributed by atoms with Gasteiger partial charge in [-0.05, 0) is 20.8 Å². The van der Waals surface area contributed by atoms with Gasteiger partial charge in [-0.15, -0.1) is 0 Å². The van der Waals surface area contributed by atoms with E-state index in [1.807, 2.05) is 0 Å². The van der Waals surface area contributed by atoms with Gasteiger partial charge >= 0.3 is 6.09 Å². The lowest BCUT2D eigenvalue weighted by molar-refractivity contribution is -0.0303. The summed E-state index contributed by atoms with van der Waals surface area (Å²) in [5.74, 6) is 0. The van der Waals surface area contributed by atoms with E-state index in [0.717, 1.165) is 0 Å². The summed E-state index contributed by atoms with van der Waals surface area (Å²) in [6.07, 6.45) is -4.26. The second-order valence-corrected chi connectivity index (χ2v) is 3.39. The molecule has 0 spiro atoms. The van der Waals surface area contributed by atoms with Crippen LogP contribution in [-0.4, -0.2) is 40.8 Å². The van der Waals surface area contributed by atoms with Crippen molar-refractivity contribution < 1.29 is 21.5 Å². The van der Waals surface area contributed by atoms with Crippen LogP contribution in [0.5, 0.6) is 0 Å². The zero-order chi connectivity index (χ0) is 13.9. The number of hydrogen-bond donors (Lipinski definition) is 1. The molecule has 1 amide bonds. The maximum atomic E-state index is 11.6. The van der Waals surface area contributed by atoms with Crippen molar-refractivity contribution in [1.29, 1.82) is 0 Å². The minimum atomic E-state index is -3.02. The molecule has 0 saturated carbocycles. The zero-order valence-corrected chi connectivity index (χ0v) is 7.21. The van der Waals surface area contributed by atoms with Crippen molar-refractivity contribution in [3.63, 3.8) is 0 Å². The van der Waals surface area contributed by atoms with E-state index in [-0.39, 0.29) is 4.90 Å². The molecule has 1 aliphatic rings. The van der Waals surface area contributed by atoms with Crippen LogP contribution >= 0.6 is 0 Å². The summed E-state index contributed by atoms with van der Waals surface area (Å²) >= 11 is 0. The van der Waals surface area contributed by atoms with E-state index in [2.05, 4.69) is 0 Å². The molecule has 1 fully saturated rings. The molecular weight excluding hydrogens is 158 g/mol. The van der Waals surface area contributed by atoms with E-state index >= 15 is 0 Å². The van der Waals surface area contributed by atoms with Crippen molar-refractivity contribution in [2.24, 2.45) is 0 Å². The minimum absolute atomic E-state index is 0.0955. The van der Waals surface area contributed by atoms with Gasteiger partial charge in [0, 0.05) is 0 Å². The highest BCUT2D eigenvalue weighted by Crippen LogP contribution is 2.14. The average molecular weight is 178 g/mol. The molecular formula is C8H15NO3. The number of hydrogen-bond acceptors (Lipinski definition) is 3. The normalized spacial score (nSPS) is 36.0. The van der Waals surface area contributed by atoms with Crippen LogP contribution in [0.1, 0.15) is 27.6 Å². The molecule has 1 heterocycles. The third-order valence-electron chi connectivity index (χ3n) is 1.01. The summed E-state index contributed by atoms with van der Waals surface area (Å²) in [5, 5.41) is 9.35. The maximum absolute atomic E-state index is 11.6. The van der Waals surface area contributed by atoms with E-state index in [0.29, 0.717) is 0 Å². The number of carbonyl (C=O) groups excluding carboxylic acids is 1. The molecule has 4 heteroatoms. The molecule has 70 valence electrons. The van der Waals surface area contributed by atoms with Crippen LogP contribution in [-0.2, 0) is 4.74 Å². The lowest BCUT2D eigenvalue weighted by Crippen LogP contribution is -2.54. The predicted octanol–water partition coefficient (Wildman–Crippen LogP) is 0.598. The Hall–Kier alpha value is -0.770. The number of nitrogens with zero attached hydrogens (tertiary/aromatic N) is 1. The lowest BCUT2D eigenvalue weighted by Gasteiger charge is -2.36. The molecule has 0 unspecified atom stereocenters. The van der Waals surface area contributed by atoms with Gasteiger partial charge in [0.05, 0.1) is 25.9 Å². The molecule has 1 aliphatic heterocycles. The molecule has 0 aromatic carbocycles. The van der Waals surface area contributed by atoms with Gasteiger partial charge < -0.3 is 14.7 Å². The number of likely N-dealkylation sites (tertiary alicyclic amines) is 1. The largest absolute Gasteiger partial charge is 0.444 e. The fourth-order valence-electron chi connectivity index (χ4n) is 0.611. The van der Waals surface area contributed by atoms with E-state index in [9.17, 15) is 9.90 Å². The Morgan fingerprint density at radius 2 is 2.25 bits per heavy atom. The van der Waals surface area contributed by atoms with Crippen LogP contribution in [0, 0.1) is 0 Å². The number of ether oxygens (including phenoxy) is 1. The summed E-state index contributed by atoms with van der Waals surface area (Å²) in [6.45, 7) is -1.04. The van der Waals surface area contributed by atoms with Crippen LogP contribution in [0.4, 0.5) is 4.79 Å². The van der Waals surface area contributed by atoms with E-state index in [4.69, 9.17) is 11.6 Å². The van der Waals surface area contributed by atoms with Gasteiger partial charge in [-0.25, -0.2) is 4.79 Å². The molecule has 0 atom stereocenters. The highest BCUT2D eigenvalue weighted by Gasteiger charge is 2.31. The minimum Gasteiger partial charge on any atom is -0.444 e. The molecule has 1 saturated heterocycles. The van der Waals surface area contributed by atoms with Gasteiger partial charge in [0.25, 0.3) is 0 Å². The summed E-state index contributed by atoms with van der Waals surface area (Å²) in [4.78, 5) is 11.7. The van der Waals surface area contributed by atoms with E-state index < -0.39 is 30.8 Å². The maximum Gasteiger partial charge on any atom is 0.410 e. The highest BCUT2D eigenvalue weighted by molar-refractivity contribution is 5.69. The number of β-amino-alcohol motifs (C(OH)–C–C–N with tert-alkyl or cyclic N) is 1. The Labute approximate surface area is 79.1 Å². The third kappa shape index (κ3) is 2.37. The fraction of sp³-hybridized carbons (Fsp3) is 0.875. The average Bonchev–Trinajstić information content (AvgIpc) is 1.97. The van der Waals surface area contributed by atoms with Gasteiger partial charge in [0.2, 0.25) is 0 Å². The lowest BCUT2D eigenvalue weighted by atomic mass is 10.2. The topological polar surface area (TPSA) is 49.8 Å². The van der Waals surface area contributed by atoms with Crippen LogP contribution in [0.25, 0.3) is 0 Å². The molecule has 0 aromatic rings. The Kier molecular flexibility index (Phi) is 1.09. The van der Waals surface area contributed by atoms with Crippen molar-refractivity contribution in [2.75, 3.05) is 13.0 Å². The summed E-state index contributed by atoms with van der Waals surface area (Å²) < 4.78 is 41.3. The third-order valence-corrected chi connectivity index (χ3v) is 1.01. The van der Waals surface area contributed by atoms with Gasteiger partial charge in [-0.2, -0.15) is 0 Å². The summed E-state index contributed by atoms with van der Waals surface area (Å²) in [6, 6.07) is 0. The highest BCUT2D eigenvalue weighted by atomic mass is 16.6.